The number of fused-ring (bicyclic) bond motifs is 3. The third-order valence-corrected chi connectivity index (χ3v) is 7.97. The minimum Gasteiger partial charge on any atom is -0.481 e. The highest BCUT2D eigenvalue weighted by atomic mass is 19.3. The van der Waals surface area contributed by atoms with Gasteiger partial charge in [-0.05, 0) is 49.4 Å². The molecule has 2 aromatic rings. The molecule has 3 rings (SSSR count). The quantitative estimate of drug-likeness (QED) is 0.172. The van der Waals surface area contributed by atoms with Crippen molar-refractivity contribution in [1.82, 2.24) is 10.2 Å². The highest BCUT2D eigenvalue weighted by molar-refractivity contribution is 5.98. The molecule has 0 saturated heterocycles. The van der Waals surface area contributed by atoms with Crippen molar-refractivity contribution in [3.05, 3.63) is 59.2 Å². The van der Waals surface area contributed by atoms with Crippen LogP contribution >= 0.6 is 0 Å². The Labute approximate surface area is 258 Å². The van der Waals surface area contributed by atoms with E-state index in [1.54, 1.807) is 32.2 Å². The Morgan fingerprint density at radius 1 is 0.909 bits per heavy atom. The fraction of sp³-hybridized carbons (Fsp3) is 0.529. The number of amides is 2. The number of likely N-dealkylation sites (N-methyl/N-ethyl adjacent to an activating group) is 1. The number of ether oxygens (including phenoxy) is 1. The smallest absolute Gasteiger partial charge is 0.303 e. The molecule has 0 unspecified atom stereocenters. The Hall–Kier alpha value is -3.66. The number of halogens is 2. The lowest BCUT2D eigenvalue weighted by molar-refractivity contribution is -0.137. The zero-order valence-electron chi connectivity index (χ0n) is 25.7. The first-order valence-electron chi connectivity index (χ1n) is 15.4. The highest BCUT2D eigenvalue weighted by Crippen LogP contribution is 2.50. The first-order chi connectivity index (χ1) is 21.0. The van der Waals surface area contributed by atoms with Gasteiger partial charge in [-0.25, -0.2) is 0 Å². The average Bonchev–Trinajstić information content (AvgIpc) is 3.22. The minimum absolute atomic E-state index is 0.0447. The number of benzene rings is 2. The number of nitrogens with one attached hydrogen (secondary N) is 1. The number of hydrogen-bond acceptors (Lipinski definition) is 5. The van der Waals surface area contributed by atoms with Crippen molar-refractivity contribution in [1.29, 1.82) is 0 Å². The molecule has 8 nitrogen and oxygen atoms in total. The topological polar surface area (TPSA) is 113 Å². The zero-order chi connectivity index (χ0) is 32.1. The molecule has 2 amide bonds. The molecule has 0 radical (unpaired) electrons. The molecule has 0 aliphatic heterocycles. The van der Waals surface area contributed by atoms with Gasteiger partial charge in [0.2, 0.25) is 5.91 Å². The second-order valence-electron chi connectivity index (χ2n) is 11.6. The van der Waals surface area contributed by atoms with Crippen molar-refractivity contribution in [2.45, 2.75) is 77.1 Å². The van der Waals surface area contributed by atoms with Gasteiger partial charge in [0, 0.05) is 55.6 Å². The number of aliphatic carboxylic acids is 1. The molecule has 44 heavy (non-hydrogen) atoms. The predicted octanol–water partition coefficient (Wildman–Crippen LogP) is 6.20. The second kappa shape index (κ2) is 17.0. The number of alkyl halides is 2. The van der Waals surface area contributed by atoms with Crippen molar-refractivity contribution in [2.24, 2.45) is 5.92 Å². The van der Waals surface area contributed by atoms with Crippen LogP contribution in [0.3, 0.4) is 0 Å². The predicted molar refractivity (Wildman–Crippen MR) is 164 cm³/mol. The molecule has 0 saturated carbocycles. The van der Waals surface area contributed by atoms with Crippen LogP contribution in [0.1, 0.15) is 92.6 Å². The molecule has 1 aliphatic carbocycles. The third-order valence-electron chi connectivity index (χ3n) is 7.97. The van der Waals surface area contributed by atoms with Gasteiger partial charge in [0.1, 0.15) is 5.78 Å². The Bertz CT molecular complexity index is 1300. The lowest BCUT2D eigenvalue weighted by atomic mass is 10.0. The summed E-state index contributed by atoms with van der Waals surface area (Å²) in [5.74, 6) is -4.92. The van der Waals surface area contributed by atoms with E-state index in [0.717, 1.165) is 44.9 Å². The lowest BCUT2D eigenvalue weighted by Crippen LogP contribution is -2.41. The van der Waals surface area contributed by atoms with Crippen molar-refractivity contribution < 1.29 is 37.8 Å². The normalized spacial score (nSPS) is 13.5. The SMILES string of the molecule is CC(=O)CCCCCCCCCOC[C@@H](CCC(=O)O)CN(C)C(=O)CNC(=O)c1ccc2c(c1)-c1ccccc1C2(F)F. The molecule has 2 aromatic carbocycles. The van der Waals surface area contributed by atoms with Crippen molar-refractivity contribution in [2.75, 3.05) is 33.4 Å². The van der Waals surface area contributed by atoms with Crippen LogP contribution in [0.5, 0.6) is 0 Å². The maximum Gasteiger partial charge on any atom is 0.303 e. The Morgan fingerprint density at radius 2 is 1.57 bits per heavy atom. The number of hydrogen-bond donors (Lipinski definition) is 2. The van der Waals surface area contributed by atoms with Crippen LogP contribution in [0.4, 0.5) is 8.78 Å². The van der Waals surface area contributed by atoms with Gasteiger partial charge in [-0.1, -0.05) is 62.4 Å². The van der Waals surface area contributed by atoms with E-state index in [2.05, 4.69) is 5.32 Å². The summed E-state index contributed by atoms with van der Waals surface area (Å²) in [6, 6.07) is 10.2. The highest BCUT2D eigenvalue weighted by Gasteiger charge is 2.44. The van der Waals surface area contributed by atoms with Crippen LogP contribution in [-0.2, 0) is 25.0 Å². The van der Waals surface area contributed by atoms with E-state index >= 15 is 0 Å². The van der Waals surface area contributed by atoms with E-state index in [0.29, 0.717) is 37.2 Å². The van der Waals surface area contributed by atoms with Crippen LogP contribution < -0.4 is 5.32 Å². The third kappa shape index (κ3) is 10.2. The molecular weight excluding hydrogens is 570 g/mol. The Kier molecular flexibility index (Phi) is 13.4. The molecule has 10 heteroatoms. The molecule has 0 heterocycles. The summed E-state index contributed by atoms with van der Waals surface area (Å²) in [7, 11) is 1.59. The molecule has 1 atom stereocenters. The molecule has 0 spiro atoms. The number of carbonyl (C=O) groups is 4. The van der Waals surface area contributed by atoms with Gasteiger partial charge in [0.05, 0.1) is 13.2 Å². The van der Waals surface area contributed by atoms with Crippen molar-refractivity contribution >= 4 is 23.6 Å². The minimum atomic E-state index is -3.14. The number of carboxylic acids is 1. The summed E-state index contributed by atoms with van der Waals surface area (Å²) >= 11 is 0. The second-order valence-corrected chi connectivity index (χ2v) is 11.6. The van der Waals surface area contributed by atoms with Gasteiger partial charge in [-0.15, -0.1) is 0 Å². The number of carboxylic acid groups (broad SMARTS) is 1. The van der Waals surface area contributed by atoms with E-state index < -0.39 is 17.8 Å². The molecule has 1 aliphatic rings. The summed E-state index contributed by atoms with van der Waals surface area (Å²) < 4.78 is 35.5. The van der Waals surface area contributed by atoms with Gasteiger partial charge < -0.3 is 24.9 Å². The standard InChI is InChI=1S/C34H44F2N2O6/c1-24(39)12-8-6-4-3-5-7-11-19-44-23-25(15-18-32(41)42)22-38(2)31(40)21-37-33(43)26-16-17-30-28(20-26)27-13-9-10-14-29(27)34(30,35)36/h9-10,13-14,16-17,20,25H,3-8,11-12,15,18-19,21-23H2,1-2H3,(H,37,43)(H,41,42)/t25-/m0/s1. The Morgan fingerprint density at radius 3 is 2.27 bits per heavy atom. The van der Waals surface area contributed by atoms with E-state index in [9.17, 15) is 28.0 Å². The lowest BCUT2D eigenvalue weighted by Gasteiger charge is -2.24. The number of carbonyl (C=O) groups excluding carboxylic acids is 3. The first-order valence-corrected chi connectivity index (χ1v) is 15.4. The van der Waals surface area contributed by atoms with E-state index in [4.69, 9.17) is 9.84 Å². The van der Waals surface area contributed by atoms with Gasteiger partial charge in [-0.3, -0.25) is 14.4 Å². The maximum absolute atomic E-state index is 14.8. The van der Waals surface area contributed by atoms with Gasteiger partial charge in [0.15, 0.2) is 0 Å². The average molecular weight is 615 g/mol. The van der Waals surface area contributed by atoms with Crippen LogP contribution in [0, 0.1) is 5.92 Å². The summed E-state index contributed by atoms with van der Waals surface area (Å²) in [4.78, 5) is 49.2. The van der Waals surface area contributed by atoms with Crippen LogP contribution in [-0.4, -0.2) is 66.9 Å². The van der Waals surface area contributed by atoms with E-state index in [1.165, 1.54) is 29.2 Å². The number of ketones is 1. The summed E-state index contributed by atoms with van der Waals surface area (Å²) in [5, 5.41) is 11.7. The van der Waals surface area contributed by atoms with Crippen molar-refractivity contribution in [3.63, 3.8) is 0 Å². The van der Waals surface area contributed by atoms with E-state index in [-0.39, 0.29) is 53.8 Å². The summed E-state index contributed by atoms with van der Waals surface area (Å²) in [6.45, 7) is 2.48. The van der Waals surface area contributed by atoms with E-state index in [1.807, 2.05) is 0 Å². The fourth-order valence-electron chi connectivity index (χ4n) is 5.47. The Balaban J connectivity index is 1.42. The van der Waals surface area contributed by atoms with Crippen LogP contribution in [0.25, 0.3) is 11.1 Å². The number of unbranched alkanes of at least 4 members (excludes halogenated alkanes) is 6. The van der Waals surface area contributed by atoms with Crippen LogP contribution in [0.2, 0.25) is 0 Å². The van der Waals surface area contributed by atoms with Gasteiger partial charge in [0.25, 0.3) is 11.8 Å². The van der Waals surface area contributed by atoms with Gasteiger partial charge >= 0.3 is 5.97 Å². The number of nitrogens with zero attached hydrogens (tertiary/aromatic N) is 1. The molecular formula is C34H44F2N2O6. The monoisotopic (exact) mass is 614 g/mol. The molecule has 0 aromatic heterocycles. The fourth-order valence-corrected chi connectivity index (χ4v) is 5.47. The zero-order valence-corrected chi connectivity index (χ0v) is 25.7. The number of rotatable bonds is 20. The largest absolute Gasteiger partial charge is 0.481 e. The van der Waals surface area contributed by atoms with Crippen molar-refractivity contribution in [3.8, 4) is 11.1 Å². The number of Topliss-reactive ketones (excluding diaryl/α,β-unsaturated/α-hetero) is 1. The molecule has 2 N–H and O–H groups in total. The molecule has 0 fully saturated rings. The van der Waals surface area contributed by atoms with Crippen LogP contribution in [0.15, 0.2) is 42.5 Å². The molecule has 240 valence electrons. The maximum atomic E-state index is 14.8. The van der Waals surface area contributed by atoms with Gasteiger partial charge in [-0.2, -0.15) is 8.78 Å². The summed E-state index contributed by atoms with van der Waals surface area (Å²) in [5.41, 5.74) is 0.596. The summed E-state index contributed by atoms with van der Waals surface area (Å²) in [6.07, 6.45) is 8.25. The first kappa shape index (κ1) is 34.8. The molecule has 0 bridgehead atoms.